The molecule has 4 nitrogen and oxygen atoms in total. The second kappa shape index (κ2) is 5.23. The molecule has 5 heteroatoms. The topological polar surface area (TPSA) is 51.2 Å². The Bertz CT molecular complexity index is 307. The maximum Gasteiger partial charge on any atom is 0.312 e. The van der Waals surface area contributed by atoms with Gasteiger partial charge in [-0.25, -0.2) is 4.98 Å². The minimum absolute atomic E-state index is 0.159. The van der Waals surface area contributed by atoms with Crippen molar-refractivity contribution in [2.45, 2.75) is 19.3 Å². The zero-order valence-electron chi connectivity index (χ0n) is 8.44. The van der Waals surface area contributed by atoms with Crippen LogP contribution in [0.4, 0.5) is 0 Å². The monoisotopic (exact) mass is 226 g/mol. The molecule has 2 rings (SSSR count). The van der Waals surface area contributed by atoms with Gasteiger partial charge in [-0.3, -0.25) is 4.79 Å². The first-order chi connectivity index (χ1) is 7.34. The van der Waals surface area contributed by atoms with E-state index in [1.807, 2.05) is 0 Å². The molecule has 0 radical (unpaired) electrons. The number of ether oxygens (including phenoxy) is 1. The molecule has 1 aliphatic rings. The lowest BCUT2D eigenvalue weighted by Gasteiger charge is -2.21. The standard InChI is InChI=1S/C10H14N2O2S/c13-10(14-9-6-15-7-12-9)5-8-1-3-11-4-2-8/h6-8,11H,1-5H2. The molecule has 1 aromatic heterocycles. The van der Waals surface area contributed by atoms with E-state index in [9.17, 15) is 4.79 Å². The second-order valence-corrected chi connectivity index (χ2v) is 4.42. The average Bonchev–Trinajstić information content (AvgIpc) is 2.71. The number of nitrogens with zero attached hydrogens (tertiary/aromatic N) is 1. The van der Waals surface area contributed by atoms with Gasteiger partial charge in [0.15, 0.2) is 0 Å². The third-order valence-corrected chi connectivity index (χ3v) is 3.11. The van der Waals surface area contributed by atoms with E-state index in [1.54, 1.807) is 10.9 Å². The fourth-order valence-electron chi connectivity index (χ4n) is 1.73. The number of hydrogen-bond donors (Lipinski definition) is 1. The van der Waals surface area contributed by atoms with Crippen molar-refractivity contribution in [3.63, 3.8) is 0 Å². The van der Waals surface area contributed by atoms with Crippen molar-refractivity contribution in [1.82, 2.24) is 10.3 Å². The largest absolute Gasteiger partial charge is 0.407 e. The number of rotatable bonds is 3. The summed E-state index contributed by atoms with van der Waals surface area (Å²) >= 11 is 1.43. The summed E-state index contributed by atoms with van der Waals surface area (Å²) in [6, 6.07) is 0. The molecular weight excluding hydrogens is 212 g/mol. The van der Waals surface area contributed by atoms with Crippen molar-refractivity contribution in [2.75, 3.05) is 13.1 Å². The first-order valence-corrected chi connectivity index (χ1v) is 6.08. The number of piperidine rings is 1. The molecule has 0 aliphatic carbocycles. The van der Waals surface area contributed by atoms with Gasteiger partial charge >= 0.3 is 5.97 Å². The van der Waals surface area contributed by atoms with Crippen molar-refractivity contribution in [3.05, 3.63) is 10.9 Å². The van der Waals surface area contributed by atoms with E-state index >= 15 is 0 Å². The van der Waals surface area contributed by atoms with Gasteiger partial charge < -0.3 is 10.1 Å². The smallest absolute Gasteiger partial charge is 0.312 e. The maximum absolute atomic E-state index is 11.5. The van der Waals surface area contributed by atoms with E-state index in [-0.39, 0.29) is 5.97 Å². The highest BCUT2D eigenvalue weighted by Crippen LogP contribution is 2.18. The Morgan fingerprint density at radius 2 is 2.40 bits per heavy atom. The Hall–Kier alpha value is -0.940. The Morgan fingerprint density at radius 1 is 1.60 bits per heavy atom. The molecular formula is C10H14N2O2S. The van der Waals surface area contributed by atoms with Gasteiger partial charge in [0.2, 0.25) is 5.88 Å². The molecule has 0 aromatic carbocycles. The van der Waals surface area contributed by atoms with Gasteiger partial charge in [-0.15, -0.1) is 11.3 Å². The summed E-state index contributed by atoms with van der Waals surface area (Å²) in [5, 5.41) is 5.01. The predicted molar refractivity (Wildman–Crippen MR) is 58.0 cm³/mol. The molecule has 1 saturated heterocycles. The van der Waals surface area contributed by atoms with Crippen LogP contribution in [0.2, 0.25) is 0 Å². The predicted octanol–water partition coefficient (Wildman–Crippen LogP) is 1.44. The molecule has 1 aliphatic heterocycles. The van der Waals surface area contributed by atoms with Crippen molar-refractivity contribution >= 4 is 17.3 Å². The lowest BCUT2D eigenvalue weighted by atomic mass is 9.95. The highest BCUT2D eigenvalue weighted by Gasteiger charge is 2.18. The molecule has 0 bridgehead atoms. The molecule has 0 amide bonds. The van der Waals surface area contributed by atoms with Gasteiger partial charge in [0.1, 0.15) is 0 Å². The zero-order chi connectivity index (χ0) is 10.5. The van der Waals surface area contributed by atoms with Gasteiger partial charge in [-0.1, -0.05) is 0 Å². The summed E-state index contributed by atoms with van der Waals surface area (Å²) in [4.78, 5) is 15.4. The van der Waals surface area contributed by atoms with Crippen molar-refractivity contribution in [2.24, 2.45) is 5.92 Å². The summed E-state index contributed by atoms with van der Waals surface area (Å²) in [6.45, 7) is 2.02. The summed E-state index contributed by atoms with van der Waals surface area (Å²) in [5.41, 5.74) is 1.66. The first kappa shape index (κ1) is 10.6. The van der Waals surface area contributed by atoms with Crippen molar-refractivity contribution < 1.29 is 9.53 Å². The van der Waals surface area contributed by atoms with Crippen LogP contribution in [0.5, 0.6) is 5.88 Å². The zero-order valence-corrected chi connectivity index (χ0v) is 9.26. The third-order valence-electron chi connectivity index (χ3n) is 2.54. The Balaban J connectivity index is 1.76. The second-order valence-electron chi connectivity index (χ2n) is 3.70. The third kappa shape index (κ3) is 3.28. The van der Waals surface area contributed by atoms with Crippen LogP contribution < -0.4 is 10.1 Å². The number of thiazole rings is 1. The Labute approximate surface area is 92.7 Å². The molecule has 0 spiro atoms. The molecule has 0 atom stereocenters. The number of aromatic nitrogens is 1. The highest BCUT2D eigenvalue weighted by atomic mass is 32.1. The summed E-state index contributed by atoms with van der Waals surface area (Å²) < 4.78 is 5.10. The molecule has 2 heterocycles. The molecule has 1 aromatic rings. The van der Waals surface area contributed by atoms with Gasteiger partial charge in [0.05, 0.1) is 10.9 Å². The fourth-order valence-corrected chi connectivity index (χ4v) is 2.18. The SMILES string of the molecule is O=C(CC1CCNCC1)Oc1cscn1. The molecule has 15 heavy (non-hydrogen) atoms. The highest BCUT2D eigenvalue weighted by molar-refractivity contribution is 7.07. The summed E-state index contributed by atoms with van der Waals surface area (Å²) in [6.07, 6.45) is 2.64. The van der Waals surface area contributed by atoms with Crippen LogP contribution in [-0.4, -0.2) is 24.0 Å². The molecule has 1 N–H and O–H groups in total. The van der Waals surface area contributed by atoms with Gasteiger partial charge in [-0.05, 0) is 31.8 Å². The van der Waals surface area contributed by atoms with Crippen LogP contribution >= 0.6 is 11.3 Å². The normalized spacial score (nSPS) is 17.6. The Morgan fingerprint density at radius 3 is 3.07 bits per heavy atom. The molecule has 82 valence electrons. The van der Waals surface area contributed by atoms with Crippen LogP contribution in [0.1, 0.15) is 19.3 Å². The van der Waals surface area contributed by atoms with E-state index in [1.165, 1.54) is 11.3 Å². The minimum atomic E-state index is -0.159. The number of hydrogen-bond acceptors (Lipinski definition) is 5. The van der Waals surface area contributed by atoms with E-state index in [0.29, 0.717) is 18.2 Å². The van der Waals surface area contributed by atoms with Gasteiger partial charge in [0, 0.05) is 6.42 Å². The quantitative estimate of drug-likeness (QED) is 0.792. The molecule has 0 unspecified atom stereocenters. The van der Waals surface area contributed by atoms with E-state index < -0.39 is 0 Å². The number of carbonyl (C=O) groups is 1. The number of esters is 1. The van der Waals surface area contributed by atoms with Crippen LogP contribution in [0, 0.1) is 5.92 Å². The van der Waals surface area contributed by atoms with E-state index in [0.717, 1.165) is 25.9 Å². The fraction of sp³-hybridized carbons (Fsp3) is 0.600. The van der Waals surface area contributed by atoms with Crippen molar-refractivity contribution in [1.29, 1.82) is 0 Å². The van der Waals surface area contributed by atoms with Crippen LogP contribution in [0.3, 0.4) is 0 Å². The lowest BCUT2D eigenvalue weighted by molar-refractivity contribution is -0.135. The van der Waals surface area contributed by atoms with E-state index in [4.69, 9.17) is 4.74 Å². The number of nitrogens with one attached hydrogen (secondary N) is 1. The molecule has 1 fully saturated rings. The minimum Gasteiger partial charge on any atom is -0.407 e. The average molecular weight is 226 g/mol. The van der Waals surface area contributed by atoms with Crippen molar-refractivity contribution in [3.8, 4) is 5.88 Å². The Kier molecular flexibility index (Phi) is 3.69. The van der Waals surface area contributed by atoms with Gasteiger partial charge in [0.25, 0.3) is 0 Å². The summed E-state index contributed by atoms with van der Waals surface area (Å²) in [7, 11) is 0. The summed E-state index contributed by atoms with van der Waals surface area (Å²) in [5.74, 6) is 0.740. The lowest BCUT2D eigenvalue weighted by Crippen LogP contribution is -2.29. The van der Waals surface area contributed by atoms with Crippen LogP contribution in [-0.2, 0) is 4.79 Å². The maximum atomic E-state index is 11.5. The van der Waals surface area contributed by atoms with Crippen LogP contribution in [0.15, 0.2) is 10.9 Å². The van der Waals surface area contributed by atoms with E-state index in [2.05, 4.69) is 10.3 Å². The number of carbonyl (C=O) groups excluding carboxylic acids is 1. The van der Waals surface area contributed by atoms with Crippen LogP contribution in [0.25, 0.3) is 0 Å². The molecule has 0 saturated carbocycles. The first-order valence-electron chi connectivity index (χ1n) is 5.14. The van der Waals surface area contributed by atoms with Gasteiger partial charge in [-0.2, -0.15) is 0 Å².